The molecule has 0 saturated carbocycles. The molecule has 0 aromatic rings. The van der Waals surface area contributed by atoms with E-state index in [-0.39, 0.29) is 6.61 Å². The summed E-state index contributed by atoms with van der Waals surface area (Å²) in [7, 11) is 0. The maximum atomic E-state index is 11.5. The van der Waals surface area contributed by atoms with Crippen LogP contribution in [0.15, 0.2) is 29.6 Å². The van der Waals surface area contributed by atoms with Crippen LogP contribution in [0.3, 0.4) is 0 Å². The minimum absolute atomic E-state index is 0.0126. The number of hydrogen-bond acceptors (Lipinski definition) is 2. The Bertz CT molecular complexity index is 143. The van der Waals surface area contributed by atoms with Crippen molar-refractivity contribution in [1.29, 1.82) is 0 Å². The summed E-state index contributed by atoms with van der Waals surface area (Å²) in [6.45, 7) is 6.13. The monoisotopic (exact) mass is 143 g/mol. The number of aliphatic imine (C=N–C) groups is 1. The molecular weight excluding hydrogens is 133 g/mol. The Labute approximate surface area is 59.7 Å². The van der Waals surface area contributed by atoms with Crippen molar-refractivity contribution in [3.8, 4) is 0 Å². The third-order valence-electron chi connectivity index (χ3n) is 0.743. The topological polar surface area (TPSA) is 21.6 Å². The lowest BCUT2D eigenvalue weighted by atomic mass is 10.6. The second kappa shape index (κ2) is 6.01. The first-order chi connectivity index (χ1) is 4.85. The molecule has 0 aliphatic rings. The van der Waals surface area contributed by atoms with E-state index < -0.39 is 6.67 Å². The zero-order valence-electron chi connectivity index (χ0n) is 5.72. The van der Waals surface area contributed by atoms with E-state index in [2.05, 4.69) is 18.3 Å². The molecule has 0 aliphatic heterocycles. The summed E-state index contributed by atoms with van der Waals surface area (Å²) >= 11 is 0. The largest absolute Gasteiger partial charge is 0.475 e. The van der Waals surface area contributed by atoms with Crippen molar-refractivity contribution in [3.63, 3.8) is 0 Å². The molecule has 0 N–H and O–H groups in total. The minimum atomic E-state index is -0.524. The number of alkyl halides is 1. The normalized spacial score (nSPS) is 10.7. The number of allylic oxidation sites excluding steroid dienone is 2. The standard InChI is InChI=1S/C7H10FNO/c1-3-4-7(9-2)10-6-5-8/h3-4H,1-2,5-6H2/b7-4+. The fourth-order valence-corrected chi connectivity index (χ4v) is 0.390. The zero-order valence-corrected chi connectivity index (χ0v) is 5.72. The number of ether oxygens (including phenoxy) is 1. The highest BCUT2D eigenvalue weighted by Gasteiger charge is 1.89. The highest BCUT2D eigenvalue weighted by atomic mass is 19.1. The van der Waals surface area contributed by atoms with Crippen LogP contribution < -0.4 is 0 Å². The summed E-state index contributed by atoms with van der Waals surface area (Å²) < 4.78 is 16.3. The lowest BCUT2D eigenvalue weighted by Gasteiger charge is -2.00. The highest BCUT2D eigenvalue weighted by molar-refractivity contribution is 5.28. The predicted octanol–water partition coefficient (Wildman–Crippen LogP) is 1.70. The summed E-state index contributed by atoms with van der Waals surface area (Å²) in [6.07, 6.45) is 3.02. The smallest absolute Gasteiger partial charge is 0.212 e. The molecule has 0 fully saturated rings. The Morgan fingerprint density at radius 3 is 2.80 bits per heavy atom. The third-order valence-corrected chi connectivity index (χ3v) is 0.743. The molecule has 3 heteroatoms. The van der Waals surface area contributed by atoms with Crippen LogP contribution in [0.2, 0.25) is 0 Å². The molecule has 10 heavy (non-hydrogen) atoms. The molecular formula is C7H10FNO. The van der Waals surface area contributed by atoms with Crippen molar-refractivity contribution < 1.29 is 9.13 Å². The van der Waals surface area contributed by atoms with Gasteiger partial charge in [0, 0.05) is 0 Å². The Morgan fingerprint density at radius 2 is 2.40 bits per heavy atom. The molecule has 0 aliphatic carbocycles. The average Bonchev–Trinajstić information content (AvgIpc) is 1.98. The molecule has 0 rings (SSSR count). The van der Waals surface area contributed by atoms with Gasteiger partial charge < -0.3 is 4.74 Å². The van der Waals surface area contributed by atoms with Crippen LogP contribution in [0.5, 0.6) is 0 Å². The second-order valence-corrected chi connectivity index (χ2v) is 1.44. The molecule has 56 valence electrons. The maximum absolute atomic E-state index is 11.5. The summed E-state index contributed by atoms with van der Waals surface area (Å²) in [5.41, 5.74) is 0. The molecule has 0 radical (unpaired) electrons. The summed E-state index contributed by atoms with van der Waals surface area (Å²) in [5, 5.41) is 0. The quantitative estimate of drug-likeness (QED) is 0.326. The van der Waals surface area contributed by atoms with Gasteiger partial charge in [-0.25, -0.2) is 9.38 Å². The first kappa shape index (κ1) is 8.88. The van der Waals surface area contributed by atoms with Crippen molar-refractivity contribution >= 4 is 6.72 Å². The van der Waals surface area contributed by atoms with E-state index >= 15 is 0 Å². The first-order valence-electron chi connectivity index (χ1n) is 2.83. The van der Waals surface area contributed by atoms with Gasteiger partial charge in [0.15, 0.2) is 0 Å². The molecule has 0 atom stereocenters. The fourth-order valence-electron chi connectivity index (χ4n) is 0.390. The van der Waals surface area contributed by atoms with E-state index in [0.717, 1.165) is 0 Å². The van der Waals surface area contributed by atoms with Gasteiger partial charge in [0.2, 0.25) is 5.88 Å². The number of rotatable bonds is 5. The number of nitrogens with zero attached hydrogens (tertiary/aromatic N) is 1. The summed E-state index contributed by atoms with van der Waals surface area (Å²) in [6, 6.07) is 0. The van der Waals surface area contributed by atoms with Crippen LogP contribution in [-0.4, -0.2) is 20.0 Å². The van der Waals surface area contributed by atoms with Crippen LogP contribution >= 0.6 is 0 Å². The predicted molar refractivity (Wildman–Crippen MR) is 39.8 cm³/mol. The van der Waals surface area contributed by atoms with Gasteiger partial charge >= 0.3 is 0 Å². The van der Waals surface area contributed by atoms with Crippen LogP contribution in [-0.2, 0) is 4.74 Å². The number of halogens is 1. The van der Waals surface area contributed by atoms with Crippen LogP contribution in [0.25, 0.3) is 0 Å². The minimum Gasteiger partial charge on any atom is -0.475 e. The van der Waals surface area contributed by atoms with Gasteiger partial charge in [0.1, 0.15) is 13.3 Å². The lowest BCUT2D eigenvalue weighted by molar-refractivity contribution is 0.186. The van der Waals surface area contributed by atoms with Crippen molar-refractivity contribution in [1.82, 2.24) is 0 Å². The molecule has 0 heterocycles. The van der Waals surface area contributed by atoms with Gasteiger partial charge in [-0.15, -0.1) is 0 Å². The van der Waals surface area contributed by atoms with E-state index in [4.69, 9.17) is 4.74 Å². The first-order valence-corrected chi connectivity index (χ1v) is 2.83. The number of hydrogen-bond donors (Lipinski definition) is 0. The SMILES string of the molecule is C=C/C=C(\N=C)OCCF. The second-order valence-electron chi connectivity index (χ2n) is 1.44. The van der Waals surface area contributed by atoms with Crippen LogP contribution in [0.4, 0.5) is 4.39 Å². The van der Waals surface area contributed by atoms with E-state index in [1.165, 1.54) is 12.2 Å². The molecule has 0 aromatic heterocycles. The van der Waals surface area contributed by atoms with Gasteiger partial charge in [0.25, 0.3) is 0 Å². The average molecular weight is 143 g/mol. The van der Waals surface area contributed by atoms with Gasteiger partial charge in [-0.3, -0.25) is 0 Å². The van der Waals surface area contributed by atoms with Gasteiger partial charge in [0.05, 0.1) is 0 Å². The maximum Gasteiger partial charge on any atom is 0.212 e. The summed E-state index contributed by atoms with van der Waals surface area (Å²) in [4.78, 5) is 3.47. The molecule has 0 saturated heterocycles. The van der Waals surface area contributed by atoms with Crippen LogP contribution in [0, 0.1) is 0 Å². The molecule has 0 aromatic carbocycles. The van der Waals surface area contributed by atoms with E-state index in [9.17, 15) is 4.39 Å². The van der Waals surface area contributed by atoms with Crippen molar-refractivity contribution in [2.24, 2.45) is 4.99 Å². The van der Waals surface area contributed by atoms with Crippen molar-refractivity contribution in [2.45, 2.75) is 0 Å². The zero-order chi connectivity index (χ0) is 7.82. The Morgan fingerprint density at radius 1 is 1.70 bits per heavy atom. The molecule has 2 nitrogen and oxygen atoms in total. The van der Waals surface area contributed by atoms with Gasteiger partial charge in [-0.05, 0) is 12.8 Å². The van der Waals surface area contributed by atoms with Crippen molar-refractivity contribution in [3.05, 3.63) is 24.6 Å². The van der Waals surface area contributed by atoms with E-state index in [1.807, 2.05) is 0 Å². The summed E-state index contributed by atoms with van der Waals surface area (Å²) in [5.74, 6) is 0.299. The lowest BCUT2D eigenvalue weighted by Crippen LogP contribution is -1.93. The Kier molecular flexibility index (Phi) is 5.33. The van der Waals surface area contributed by atoms with Gasteiger partial charge in [-0.2, -0.15) is 0 Å². The fraction of sp³-hybridized carbons (Fsp3) is 0.286. The van der Waals surface area contributed by atoms with E-state index in [1.54, 1.807) is 0 Å². The molecule has 0 bridgehead atoms. The third kappa shape index (κ3) is 3.83. The highest BCUT2D eigenvalue weighted by Crippen LogP contribution is 1.97. The van der Waals surface area contributed by atoms with Crippen molar-refractivity contribution in [2.75, 3.05) is 13.3 Å². The van der Waals surface area contributed by atoms with Gasteiger partial charge in [-0.1, -0.05) is 12.7 Å². The van der Waals surface area contributed by atoms with E-state index in [0.29, 0.717) is 5.88 Å². The Balaban J connectivity index is 3.70. The van der Waals surface area contributed by atoms with Crippen LogP contribution in [0.1, 0.15) is 0 Å². The molecule has 0 amide bonds. The molecule has 0 unspecified atom stereocenters. The Hall–Kier alpha value is -1.12. The molecule has 0 spiro atoms.